The van der Waals surface area contributed by atoms with Gasteiger partial charge in [-0.15, -0.1) is 0 Å². The number of fused-ring (bicyclic) bond motifs is 5. The molecular formula is C27H46O2. The lowest BCUT2D eigenvalue weighted by molar-refractivity contribution is -0.0706. The maximum atomic E-state index is 10.7. The van der Waals surface area contributed by atoms with Crippen molar-refractivity contribution in [3.63, 3.8) is 0 Å². The standard InChI is InChI=1S/C27H46O2/c1-18(7-6-8-19(2)28)22-11-12-23-21-10-9-20-17-25(3,29)15-16-26(20,4)24(21)13-14-27(22,23)5/h9,18-19,21-24,28-29H,6-8,10-17H2,1-5H3/t18-,19?,21?,22?,23?,24?,25+,26?,27?/m1/s1. The Morgan fingerprint density at radius 3 is 2.48 bits per heavy atom. The maximum Gasteiger partial charge on any atom is 0.0657 e. The van der Waals surface area contributed by atoms with Gasteiger partial charge in [-0.05, 0) is 112 Å². The summed E-state index contributed by atoms with van der Waals surface area (Å²) in [5, 5.41) is 20.3. The first-order valence-corrected chi connectivity index (χ1v) is 12.7. The molecule has 0 heterocycles. The van der Waals surface area contributed by atoms with E-state index >= 15 is 0 Å². The number of rotatable bonds is 5. The van der Waals surface area contributed by atoms with Crippen molar-refractivity contribution in [2.24, 2.45) is 40.4 Å². The van der Waals surface area contributed by atoms with E-state index in [1.54, 1.807) is 5.57 Å². The second kappa shape index (κ2) is 7.66. The topological polar surface area (TPSA) is 40.5 Å². The summed E-state index contributed by atoms with van der Waals surface area (Å²) in [6, 6.07) is 0. The number of hydrogen-bond acceptors (Lipinski definition) is 2. The van der Waals surface area contributed by atoms with E-state index in [4.69, 9.17) is 0 Å². The molecule has 7 unspecified atom stereocenters. The number of allylic oxidation sites excluding steroid dienone is 1. The smallest absolute Gasteiger partial charge is 0.0657 e. The predicted octanol–water partition coefficient (Wildman–Crippen LogP) is 6.50. The fourth-order valence-corrected chi connectivity index (χ4v) is 8.72. The van der Waals surface area contributed by atoms with Gasteiger partial charge in [0.1, 0.15) is 0 Å². The second-order valence-electron chi connectivity index (χ2n) is 12.4. The van der Waals surface area contributed by atoms with E-state index < -0.39 is 5.60 Å². The van der Waals surface area contributed by atoms with Gasteiger partial charge in [0.15, 0.2) is 0 Å². The lowest BCUT2D eigenvalue weighted by Crippen LogP contribution is -2.52. The zero-order chi connectivity index (χ0) is 21.0. The van der Waals surface area contributed by atoms with Crippen molar-refractivity contribution in [2.75, 3.05) is 0 Å². The summed E-state index contributed by atoms with van der Waals surface area (Å²) in [4.78, 5) is 0. The van der Waals surface area contributed by atoms with Crippen LogP contribution in [-0.4, -0.2) is 21.9 Å². The molecule has 2 N–H and O–H groups in total. The number of hydrogen-bond donors (Lipinski definition) is 2. The first-order valence-electron chi connectivity index (χ1n) is 12.7. The van der Waals surface area contributed by atoms with Gasteiger partial charge in [0.2, 0.25) is 0 Å². The van der Waals surface area contributed by atoms with Gasteiger partial charge < -0.3 is 10.2 Å². The Balaban J connectivity index is 1.50. The second-order valence-corrected chi connectivity index (χ2v) is 12.4. The molecule has 4 aliphatic rings. The SMILES string of the molecule is CC(O)CCC[C@@H](C)C1CCC2C3CC=C4C[C@@](C)(O)CCC4(C)C3CCC21C. The van der Waals surface area contributed by atoms with Crippen LogP contribution < -0.4 is 0 Å². The van der Waals surface area contributed by atoms with Crippen molar-refractivity contribution in [2.45, 2.75) is 117 Å². The van der Waals surface area contributed by atoms with Crippen LogP contribution in [-0.2, 0) is 0 Å². The monoisotopic (exact) mass is 402 g/mol. The van der Waals surface area contributed by atoms with Gasteiger partial charge in [0, 0.05) is 0 Å². The summed E-state index contributed by atoms with van der Waals surface area (Å²) in [6.07, 6.45) is 15.8. The highest BCUT2D eigenvalue weighted by Gasteiger charge is 2.59. The lowest BCUT2D eigenvalue weighted by atomic mass is 9.46. The summed E-state index contributed by atoms with van der Waals surface area (Å²) in [7, 11) is 0. The Kier molecular flexibility index (Phi) is 5.78. The fraction of sp³-hybridized carbons (Fsp3) is 0.926. The van der Waals surface area contributed by atoms with E-state index in [2.05, 4.69) is 26.8 Å². The quantitative estimate of drug-likeness (QED) is 0.515. The van der Waals surface area contributed by atoms with Gasteiger partial charge >= 0.3 is 0 Å². The Bertz CT molecular complexity index is 634. The average Bonchev–Trinajstić information content (AvgIpc) is 2.99. The maximum absolute atomic E-state index is 10.7. The molecule has 0 aromatic rings. The van der Waals surface area contributed by atoms with Gasteiger partial charge in [-0.2, -0.15) is 0 Å². The molecule has 2 nitrogen and oxygen atoms in total. The summed E-state index contributed by atoms with van der Waals surface area (Å²) in [6.45, 7) is 11.6. The van der Waals surface area contributed by atoms with Crippen molar-refractivity contribution in [1.29, 1.82) is 0 Å². The van der Waals surface area contributed by atoms with Crippen LogP contribution in [0.4, 0.5) is 0 Å². The van der Waals surface area contributed by atoms with Crippen molar-refractivity contribution in [3.05, 3.63) is 11.6 Å². The van der Waals surface area contributed by atoms with E-state index in [9.17, 15) is 10.2 Å². The van der Waals surface area contributed by atoms with Crippen LogP contribution in [0.1, 0.15) is 105 Å². The minimum atomic E-state index is -0.485. The van der Waals surface area contributed by atoms with Gasteiger partial charge in [0.25, 0.3) is 0 Å². The minimum absolute atomic E-state index is 0.148. The summed E-state index contributed by atoms with van der Waals surface area (Å²) in [5.41, 5.74) is 1.96. The molecule has 3 saturated carbocycles. The van der Waals surface area contributed by atoms with Crippen LogP contribution >= 0.6 is 0 Å². The Morgan fingerprint density at radius 2 is 1.76 bits per heavy atom. The summed E-state index contributed by atoms with van der Waals surface area (Å²) >= 11 is 0. The molecule has 0 aliphatic heterocycles. The third-order valence-corrected chi connectivity index (χ3v) is 10.4. The Hall–Kier alpha value is -0.340. The van der Waals surface area contributed by atoms with E-state index in [-0.39, 0.29) is 6.10 Å². The molecule has 0 spiro atoms. The normalized spacial score (nSPS) is 48.9. The molecule has 0 saturated heterocycles. The third-order valence-electron chi connectivity index (χ3n) is 10.4. The molecule has 29 heavy (non-hydrogen) atoms. The van der Waals surface area contributed by atoms with E-state index in [0.717, 1.165) is 48.9 Å². The number of aliphatic hydroxyl groups excluding tert-OH is 1. The zero-order valence-corrected chi connectivity index (χ0v) is 19.7. The van der Waals surface area contributed by atoms with Gasteiger partial charge in [-0.1, -0.05) is 45.3 Å². The molecule has 3 fully saturated rings. The highest BCUT2D eigenvalue weighted by atomic mass is 16.3. The van der Waals surface area contributed by atoms with Crippen LogP contribution in [0.2, 0.25) is 0 Å². The predicted molar refractivity (Wildman–Crippen MR) is 121 cm³/mol. The Labute approximate surface area is 179 Å². The fourth-order valence-electron chi connectivity index (χ4n) is 8.72. The minimum Gasteiger partial charge on any atom is -0.393 e. The molecule has 4 rings (SSSR count). The highest BCUT2D eigenvalue weighted by molar-refractivity contribution is 5.26. The van der Waals surface area contributed by atoms with Crippen molar-refractivity contribution in [1.82, 2.24) is 0 Å². The molecule has 0 aromatic heterocycles. The molecule has 2 heteroatoms. The van der Waals surface area contributed by atoms with Crippen LogP contribution in [0.5, 0.6) is 0 Å². The number of aliphatic hydroxyl groups is 2. The highest BCUT2D eigenvalue weighted by Crippen LogP contribution is 2.67. The largest absolute Gasteiger partial charge is 0.393 e. The van der Waals surface area contributed by atoms with Crippen LogP contribution in [0.25, 0.3) is 0 Å². The van der Waals surface area contributed by atoms with E-state index in [1.165, 1.54) is 51.4 Å². The average molecular weight is 403 g/mol. The first-order chi connectivity index (χ1) is 13.6. The van der Waals surface area contributed by atoms with E-state index in [0.29, 0.717) is 10.8 Å². The third kappa shape index (κ3) is 3.75. The molecule has 0 bridgehead atoms. The summed E-state index contributed by atoms with van der Waals surface area (Å²) < 4.78 is 0. The van der Waals surface area contributed by atoms with Crippen molar-refractivity contribution < 1.29 is 10.2 Å². The molecule has 166 valence electrons. The molecule has 4 aliphatic carbocycles. The zero-order valence-electron chi connectivity index (χ0n) is 19.7. The Morgan fingerprint density at radius 1 is 1.00 bits per heavy atom. The first kappa shape index (κ1) is 21.9. The van der Waals surface area contributed by atoms with Gasteiger partial charge in [0.05, 0.1) is 11.7 Å². The molecule has 9 atom stereocenters. The van der Waals surface area contributed by atoms with Crippen LogP contribution in [0, 0.1) is 40.4 Å². The molecule has 0 aromatic carbocycles. The van der Waals surface area contributed by atoms with Crippen molar-refractivity contribution >= 4 is 0 Å². The lowest BCUT2D eigenvalue weighted by Gasteiger charge is -2.59. The van der Waals surface area contributed by atoms with Gasteiger partial charge in [-0.3, -0.25) is 0 Å². The molecular weight excluding hydrogens is 356 g/mol. The van der Waals surface area contributed by atoms with Gasteiger partial charge in [-0.25, -0.2) is 0 Å². The van der Waals surface area contributed by atoms with Crippen LogP contribution in [0.3, 0.4) is 0 Å². The van der Waals surface area contributed by atoms with Crippen molar-refractivity contribution in [3.8, 4) is 0 Å². The van der Waals surface area contributed by atoms with Crippen LogP contribution in [0.15, 0.2) is 11.6 Å². The molecule has 0 amide bonds. The molecule has 0 radical (unpaired) electrons. The van der Waals surface area contributed by atoms with E-state index in [1.807, 2.05) is 13.8 Å². The summed E-state index contributed by atoms with van der Waals surface area (Å²) in [5.74, 6) is 4.24.